The van der Waals surface area contributed by atoms with Crippen LogP contribution in [0.5, 0.6) is 0 Å². The van der Waals surface area contributed by atoms with Gasteiger partial charge in [-0.15, -0.1) is 0 Å². The second kappa shape index (κ2) is 6.67. The largest absolute Gasteiger partial charge is 0.464 e. The third-order valence-corrected chi connectivity index (χ3v) is 2.62. The van der Waals surface area contributed by atoms with Crippen LogP contribution in [-0.4, -0.2) is 36.1 Å². The Hall–Kier alpha value is -2.18. The molecule has 19 heavy (non-hydrogen) atoms. The number of carbonyl (C=O) groups excluding carboxylic acids is 1. The molecule has 1 rings (SSSR count). The lowest BCUT2D eigenvalue weighted by molar-refractivity contribution is -0.384. The smallest absolute Gasteiger partial charge is 0.356 e. The van der Waals surface area contributed by atoms with Gasteiger partial charge in [0.2, 0.25) is 5.82 Å². The van der Waals surface area contributed by atoms with Crippen molar-refractivity contribution in [1.82, 2.24) is 4.98 Å². The summed E-state index contributed by atoms with van der Waals surface area (Å²) in [4.78, 5) is 27.8. The standard InChI is InChI=1S/C12H17N3O4/c1-4-8-14(5-2)11-10(15(17)18)7-6-9(13-11)12(16)19-3/h6-7H,4-5,8H2,1-3H3. The van der Waals surface area contributed by atoms with E-state index in [9.17, 15) is 14.9 Å². The highest BCUT2D eigenvalue weighted by molar-refractivity contribution is 5.88. The van der Waals surface area contributed by atoms with Gasteiger partial charge < -0.3 is 9.64 Å². The Balaban J connectivity index is 3.29. The zero-order chi connectivity index (χ0) is 14.4. The number of anilines is 1. The van der Waals surface area contributed by atoms with Crippen LogP contribution in [0.25, 0.3) is 0 Å². The minimum absolute atomic E-state index is 0.0673. The van der Waals surface area contributed by atoms with E-state index in [-0.39, 0.29) is 17.2 Å². The fourth-order valence-corrected chi connectivity index (χ4v) is 1.72. The molecule has 0 aliphatic carbocycles. The van der Waals surface area contributed by atoms with E-state index in [1.807, 2.05) is 13.8 Å². The van der Waals surface area contributed by atoms with Crippen molar-refractivity contribution < 1.29 is 14.5 Å². The third-order valence-electron chi connectivity index (χ3n) is 2.62. The van der Waals surface area contributed by atoms with Crippen LogP contribution < -0.4 is 4.90 Å². The monoisotopic (exact) mass is 267 g/mol. The van der Waals surface area contributed by atoms with Crippen LogP contribution in [0.15, 0.2) is 12.1 Å². The summed E-state index contributed by atoms with van der Waals surface area (Å²) in [6, 6.07) is 2.58. The molecule has 0 saturated carbocycles. The maximum Gasteiger partial charge on any atom is 0.356 e. The number of aromatic nitrogens is 1. The molecule has 7 nitrogen and oxygen atoms in total. The van der Waals surface area contributed by atoms with Crippen molar-refractivity contribution >= 4 is 17.5 Å². The molecule has 0 unspecified atom stereocenters. The van der Waals surface area contributed by atoms with Crippen LogP contribution in [0.4, 0.5) is 11.5 Å². The number of ether oxygens (including phenoxy) is 1. The van der Waals surface area contributed by atoms with Gasteiger partial charge in [0, 0.05) is 19.2 Å². The van der Waals surface area contributed by atoms with Gasteiger partial charge in [-0.3, -0.25) is 10.1 Å². The molecule has 1 aromatic heterocycles. The lowest BCUT2D eigenvalue weighted by Crippen LogP contribution is -2.26. The molecule has 0 saturated heterocycles. The fourth-order valence-electron chi connectivity index (χ4n) is 1.72. The lowest BCUT2D eigenvalue weighted by Gasteiger charge is -2.21. The Bertz CT molecular complexity index is 476. The summed E-state index contributed by atoms with van der Waals surface area (Å²) >= 11 is 0. The Morgan fingerprint density at radius 3 is 2.63 bits per heavy atom. The average Bonchev–Trinajstić information content (AvgIpc) is 2.43. The summed E-state index contributed by atoms with van der Waals surface area (Å²) in [5, 5.41) is 11.0. The van der Waals surface area contributed by atoms with Gasteiger partial charge in [0.15, 0.2) is 5.69 Å². The van der Waals surface area contributed by atoms with Crippen molar-refractivity contribution in [1.29, 1.82) is 0 Å². The molecule has 0 aromatic carbocycles. The number of rotatable bonds is 6. The summed E-state index contributed by atoms with van der Waals surface area (Å²) < 4.78 is 4.58. The average molecular weight is 267 g/mol. The SMILES string of the molecule is CCCN(CC)c1nc(C(=O)OC)ccc1[N+](=O)[O-]. The molecular weight excluding hydrogens is 250 g/mol. The van der Waals surface area contributed by atoms with Crippen LogP contribution in [0, 0.1) is 10.1 Å². The van der Waals surface area contributed by atoms with Gasteiger partial charge in [0.05, 0.1) is 12.0 Å². The molecule has 0 fully saturated rings. The van der Waals surface area contributed by atoms with Crippen LogP contribution in [0.3, 0.4) is 0 Å². The Kier molecular flexibility index (Phi) is 5.23. The summed E-state index contributed by atoms with van der Waals surface area (Å²) in [5.41, 5.74) is -0.0411. The van der Waals surface area contributed by atoms with Crippen molar-refractivity contribution in [3.8, 4) is 0 Å². The predicted molar refractivity (Wildman–Crippen MR) is 70.4 cm³/mol. The van der Waals surface area contributed by atoms with Gasteiger partial charge in [-0.1, -0.05) is 6.92 Å². The number of nitro groups is 1. The first-order chi connectivity index (χ1) is 9.04. The number of hydrogen-bond donors (Lipinski definition) is 0. The Morgan fingerprint density at radius 1 is 1.47 bits per heavy atom. The molecule has 0 atom stereocenters. The van der Waals surface area contributed by atoms with Crippen molar-refractivity contribution in [2.45, 2.75) is 20.3 Å². The van der Waals surface area contributed by atoms with Crippen LogP contribution >= 0.6 is 0 Å². The highest BCUT2D eigenvalue weighted by Crippen LogP contribution is 2.26. The van der Waals surface area contributed by atoms with Crippen molar-refractivity contribution in [3.63, 3.8) is 0 Å². The van der Waals surface area contributed by atoms with E-state index in [0.29, 0.717) is 13.1 Å². The first-order valence-electron chi connectivity index (χ1n) is 6.03. The van der Waals surface area contributed by atoms with Gasteiger partial charge in [0.1, 0.15) is 0 Å². The minimum Gasteiger partial charge on any atom is -0.464 e. The zero-order valence-corrected chi connectivity index (χ0v) is 11.3. The second-order valence-electron chi connectivity index (χ2n) is 3.87. The van der Waals surface area contributed by atoms with Crippen LogP contribution in [-0.2, 0) is 4.74 Å². The number of methoxy groups -OCH3 is 1. The van der Waals surface area contributed by atoms with Crippen molar-refractivity contribution in [2.24, 2.45) is 0 Å². The quantitative estimate of drug-likeness (QED) is 0.445. The molecule has 0 N–H and O–H groups in total. The zero-order valence-electron chi connectivity index (χ0n) is 11.3. The highest BCUT2D eigenvalue weighted by atomic mass is 16.6. The molecule has 0 bridgehead atoms. The number of nitrogens with zero attached hydrogens (tertiary/aromatic N) is 3. The Labute approximate surface area is 111 Å². The van der Waals surface area contributed by atoms with E-state index in [1.54, 1.807) is 4.90 Å². The lowest BCUT2D eigenvalue weighted by atomic mass is 10.3. The number of carbonyl (C=O) groups is 1. The highest BCUT2D eigenvalue weighted by Gasteiger charge is 2.22. The summed E-state index contributed by atoms with van der Waals surface area (Å²) in [6.45, 7) is 5.06. The summed E-state index contributed by atoms with van der Waals surface area (Å²) in [7, 11) is 1.24. The third kappa shape index (κ3) is 3.40. The predicted octanol–water partition coefficient (Wildman–Crippen LogP) is 2.01. The van der Waals surface area contributed by atoms with Crippen molar-refractivity contribution in [3.05, 3.63) is 27.9 Å². The van der Waals surface area contributed by atoms with E-state index < -0.39 is 10.9 Å². The molecule has 0 aliphatic rings. The summed E-state index contributed by atoms with van der Waals surface area (Å²) in [6.07, 6.45) is 0.828. The van der Waals surface area contributed by atoms with E-state index in [1.165, 1.54) is 19.2 Å². The van der Waals surface area contributed by atoms with E-state index in [0.717, 1.165) is 6.42 Å². The molecular formula is C12H17N3O4. The van der Waals surface area contributed by atoms with Gasteiger partial charge >= 0.3 is 11.7 Å². The number of pyridine rings is 1. The van der Waals surface area contributed by atoms with Gasteiger partial charge in [-0.25, -0.2) is 9.78 Å². The molecule has 0 amide bonds. The normalized spacial score (nSPS) is 10.1. The maximum absolute atomic E-state index is 11.4. The number of hydrogen-bond acceptors (Lipinski definition) is 6. The topological polar surface area (TPSA) is 85.6 Å². The van der Waals surface area contributed by atoms with Gasteiger partial charge in [-0.2, -0.15) is 0 Å². The van der Waals surface area contributed by atoms with Gasteiger partial charge in [0.25, 0.3) is 0 Å². The second-order valence-corrected chi connectivity index (χ2v) is 3.87. The molecule has 1 heterocycles. The maximum atomic E-state index is 11.4. The van der Waals surface area contributed by atoms with E-state index in [4.69, 9.17) is 0 Å². The molecule has 0 aliphatic heterocycles. The number of esters is 1. The van der Waals surface area contributed by atoms with Crippen LogP contribution in [0.2, 0.25) is 0 Å². The van der Waals surface area contributed by atoms with E-state index >= 15 is 0 Å². The summed E-state index contributed by atoms with van der Waals surface area (Å²) in [5.74, 6) is -0.402. The van der Waals surface area contributed by atoms with Gasteiger partial charge in [-0.05, 0) is 19.4 Å². The first kappa shape index (κ1) is 14.9. The van der Waals surface area contributed by atoms with Crippen molar-refractivity contribution in [2.75, 3.05) is 25.1 Å². The molecule has 104 valence electrons. The molecule has 0 radical (unpaired) electrons. The first-order valence-corrected chi connectivity index (χ1v) is 6.03. The molecule has 0 spiro atoms. The van der Waals surface area contributed by atoms with E-state index in [2.05, 4.69) is 9.72 Å². The fraction of sp³-hybridized carbons (Fsp3) is 0.500. The minimum atomic E-state index is -0.608. The van der Waals surface area contributed by atoms with Crippen LogP contribution in [0.1, 0.15) is 30.8 Å². The molecule has 7 heteroatoms. The molecule has 1 aromatic rings. The Morgan fingerprint density at radius 2 is 2.16 bits per heavy atom.